The summed E-state index contributed by atoms with van der Waals surface area (Å²) in [6, 6.07) is 3.85. The van der Waals surface area contributed by atoms with Crippen molar-refractivity contribution in [1.29, 1.82) is 0 Å². The van der Waals surface area contributed by atoms with Crippen molar-refractivity contribution in [3.63, 3.8) is 0 Å². The van der Waals surface area contributed by atoms with Crippen LogP contribution < -0.4 is 4.74 Å². The van der Waals surface area contributed by atoms with Crippen LogP contribution >= 0.6 is 0 Å². The third-order valence-electron chi connectivity index (χ3n) is 7.60. The minimum Gasteiger partial charge on any atom is -0.504 e. The van der Waals surface area contributed by atoms with Crippen LogP contribution in [0, 0.1) is 11.8 Å². The highest BCUT2D eigenvalue weighted by atomic mass is 16.8. The maximum atomic E-state index is 12.9. The van der Waals surface area contributed by atoms with Crippen LogP contribution in [-0.2, 0) is 23.7 Å². The van der Waals surface area contributed by atoms with Crippen LogP contribution in [0.5, 0.6) is 11.5 Å². The fraction of sp³-hybridized carbons (Fsp3) is 0.696. The Bertz CT molecular complexity index is 1000. The minimum absolute atomic E-state index is 0.0416. The summed E-state index contributed by atoms with van der Waals surface area (Å²) in [5.41, 5.74) is -1.94. The monoisotopic (exact) mass is 530 g/mol. The van der Waals surface area contributed by atoms with Crippen molar-refractivity contribution in [3.8, 4) is 11.5 Å². The largest absolute Gasteiger partial charge is 0.504 e. The van der Waals surface area contributed by atoms with E-state index in [2.05, 4.69) is 0 Å². The van der Waals surface area contributed by atoms with Gasteiger partial charge in [0.05, 0.1) is 31.8 Å². The van der Waals surface area contributed by atoms with Gasteiger partial charge in [0, 0.05) is 12.3 Å². The van der Waals surface area contributed by atoms with Gasteiger partial charge in [-0.15, -0.1) is 0 Å². The number of carbonyl (C=O) groups is 1. The lowest BCUT2D eigenvalue weighted by atomic mass is 9.82. The molecule has 0 amide bonds. The van der Waals surface area contributed by atoms with Crippen LogP contribution in [0.2, 0.25) is 0 Å². The lowest BCUT2D eigenvalue weighted by Gasteiger charge is -2.44. The summed E-state index contributed by atoms with van der Waals surface area (Å²) in [4.78, 5) is 12.9. The highest BCUT2D eigenvalue weighted by molar-refractivity contribution is 5.90. The molecule has 1 aromatic rings. The van der Waals surface area contributed by atoms with E-state index in [0.29, 0.717) is 0 Å². The van der Waals surface area contributed by atoms with Crippen LogP contribution in [-0.4, -0.2) is 123 Å². The van der Waals surface area contributed by atoms with Crippen molar-refractivity contribution in [2.75, 3.05) is 20.3 Å². The number of phenols is 1. The van der Waals surface area contributed by atoms with Crippen LogP contribution in [0.15, 0.2) is 18.2 Å². The molecule has 4 saturated heterocycles. The van der Waals surface area contributed by atoms with Crippen molar-refractivity contribution in [2.45, 2.75) is 67.5 Å². The highest BCUT2D eigenvalue weighted by Gasteiger charge is 2.69. The summed E-state index contributed by atoms with van der Waals surface area (Å²) >= 11 is 0. The Morgan fingerprint density at radius 1 is 1.11 bits per heavy atom. The number of hydrogen-bond acceptors (Lipinski definition) is 14. The average molecular weight is 530 g/mol. The van der Waals surface area contributed by atoms with E-state index in [9.17, 15) is 40.5 Å². The number of carbonyl (C=O) groups excluding carboxylic acids is 1. The summed E-state index contributed by atoms with van der Waals surface area (Å²) in [5.74, 6) is -2.69. The second-order valence-electron chi connectivity index (χ2n) is 9.70. The first-order valence-electron chi connectivity index (χ1n) is 11.8. The molecule has 5 aliphatic rings. The third-order valence-corrected chi connectivity index (χ3v) is 7.60. The molecule has 1 aliphatic carbocycles. The quantitative estimate of drug-likeness (QED) is 0.185. The summed E-state index contributed by atoms with van der Waals surface area (Å²) in [7, 11) is 1.32. The Labute approximate surface area is 210 Å². The van der Waals surface area contributed by atoms with E-state index in [1.165, 1.54) is 25.3 Å². The number of aliphatic hydroxyl groups is 6. The Kier molecular flexibility index (Phi) is 7.08. The molecule has 0 radical (unpaired) electrons. The zero-order valence-corrected chi connectivity index (χ0v) is 19.7. The van der Waals surface area contributed by atoms with Crippen molar-refractivity contribution in [1.82, 2.24) is 0 Å². The van der Waals surface area contributed by atoms with Gasteiger partial charge in [-0.05, 0) is 18.2 Å². The smallest absolute Gasteiger partial charge is 0.338 e. The predicted molar refractivity (Wildman–Crippen MR) is 116 cm³/mol. The molecule has 6 rings (SSSR count). The minimum atomic E-state index is -1.98. The van der Waals surface area contributed by atoms with E-state index in [4.69, 9.17) is 28.4 Å². The SMILES string of the molecule is COc1cc(C(=O)OC2C3CC4OCC(O)(C2O)C3C(OC2OC(CO)C(O)C(O)C2O)O4)ccc1O. The zero-order valence-electron chi connectivity index (χ0n) is 19.7. The van der Waals surface area contributed by atoms with Crippen molar-refractivity contribution in [2.24, 2.45) is 11.8 Å². The first-order valence-corrected chi connectivity index (χ1v) is 11.8. The topological polar surface area (TPSA) is 214 Å². The predicted octanol–water partition coefficient (Wildman–Crippen LogP) is -2.82. The van der Waals surface area contributed by atoms with Crippen LogP contribution in [0.25, 0.3) is 0 Å². The number of aromatic hydroxyl groups is 1. The Morgan fingerprint density at radius 2 is 1.86 bits per heavy atom. The Hall–Kier alpha value is -2.11. The highest BCUT2D eigenvalue weighted by Crippen LogP contribution is 2.53. The molecule has 4 aliphatic heterocycles. The standard InChI is InChI=1S/C23H30O14/c1-32-11-4-8(2-3-10(11)25)20(30)36-18-9-5-13-33-7-23(31,19(18)29)14(9)21(35-13)37-22-17(28)16(27)15(26)12(6-24)34-22/h2-4,9,12-19,21-22,24-29,31H,5-7H2,1H3. The van der Waals surface area contributed by atoms with Gasteiger partial charge in [0.1, 0.15) is 42.2 Å². The molecule has 7 N–H and O–H groups in total. The molecule has 37 heavy (non-hydrogen) atoms. The fourth-order valence-corrected chi connectivity index (χ4v) is 5.61. The van der Waals surface area contributed by atoms with Gasteiger partial charge in [0.25, 0.3) is 0 Å². The number of benzene rings is 1. The second-order valence-corrected chi connectivity index (χ2v) is 9.70. The first kappa shape index (κ1) is 26.5. The van der Waals surface area contributed by atoms with E-state index in [1.807, 2.05) is 0 Å². The zero-order chi connectivity index (χ0) is 26.6. The Morgan fingerprint density at radius 3 is 2.57 bits per heavy atom. The molecular formula is C23H30O14. The molecule has 14 heteroatoms. The molecule has 14 nitrogen and oxygen atoms in total. The molecule has 4 heterocycles. The van der Waals surface area contributed by atoms with E-state index in [-0.39, 0.29) is 30.1 Å². The normalized spacial score (nSPS) is 44.9. The van der Waals surface area contributed by atoms with Gasteiger partial charge in [-0.3, -0.25) is 0 Å². The van der Waals surface area contributed by atoms with Gasteiger partial charge >= 0.3 is 5.97 Å². The Balaban J connectivity index is 1.38. The number of phenolic OH excluding ortho intramolecular Hbond substituents is 1. The molecule has 4 bridgehead atoms. The van der Waals surface area contributed by atoms with E-state index < -0.39 is 85.5 Å². The summed E-state index contributed by atoms with van der Waals surface area (Å²) in [6.07, 6.45) is -12.7. The van der Waals surface area contributed by atoms with Crippen molar-refractivity contribution >= 4 is 5.97 Å². The van der Waals surface area contributed by atoms with Crippen LogP contribution in [0.1, 0.15) is 16.8 Å². The molecule has 1 saturated carbocycles. The number of ether oxygens (including phenoxy) is 6. The lowest BCUT2D eigenvalue weighted by Crippen LogP contribution is -2.61. The number of esters is 1. The van der Waals surface area contributed by atoms with Crippen molar-refractivity contribution in [3.05, 3.63) is 23.8 Å². The third kappa shape index (κ3) is 4.36. The fourth-order valence-electron chi connectivity index (χ4n) is 5.61. The van der Waals surface area contributed by atoms with Gasteiger partial charge in [-0.25, -0.2) is 4.79 Å². The maximum absolute atomic E-state index is 12.9. The van der Waals surface area contributed by atoms with Crippen LogP contribution in [0.4, 0.5) is 0 Å². The van der Waals surface area contributed by atoms with Gasteiger partial charge in [-0.1, -0.05) is 0 Å². The van der Waals surface area contributed by atoms with Crippen molar-refractivity contribution < 1.29 is 69.0 Å². The van der Waals surface area contributed by atoms with E-state index in [0.717, 1.165) is 0 Å². The summed E-state index contributed by atoms with van der Waals surface area (Å²) < 4.78 is 33.2. The van der Waals surface area contributed by atoms with Gasteiger partial charge in [0.15, 0.2) is 30.4 Å². The van der Waals surface area contributed by atoms with E-state index in [1.54, 1.807) is 0 Å². The van der Waals surface area contributed by atoms with Gasteiger partial charge < -0.3 is 64.2 Å². The summed E-state index contributed by atoms with van der Waals surface area (Å²) in [5, 5.41) is 72.3. The molecule has 12 atom stereocenters. The molecule has 5 fully saturated rings. The second kappa shape index (κ2) is 9.89. The molecular weight excluding hydrogens is 500 g/mol. The summed E-state index contributed by atoms with van der Waals surface area (Å²) in [6.45, 7) is -1.04. The number of rotatable bonds is 6. The average Bonchev–Trinajstić information content (AvgIpc) is 3.00. The molecule has 0 spiro atoms. The van der Waals surface area contributed by atoms with Gasteiger partial charge in [-0.2, -0.15) is 0 Å². The lowest BCUT2D eigenvalue weighted by molar-refractivity contribution is -0.370. The molecule has 1 aromatic carbocycles. The molecule has 206 valence electrons. The maximum Gasteiger partial charge on any atom is 0.338 e. The molecule has 12 unspecified atom stereocenters. The number of hydrogen-bond donors (Lipinski definition) is 7. The van der Waals surface area contributed by atoms with Gasteiger partial charge in [0.2, 0.25) is 0 Å². The number of fused-ring (bicyclic) bond motifs is 2. The van der Waals surface area contributed by atoms with Crippen LogP contribution in [0.3, 0.4) is 0 Å². The number of methoxy groups -OCH3 is 1. The first-order chi connectivity index (χ1) is 17.6. The molecule has 0 aromatic heterocycles. The number of aliphatic hydroxyl groups excluding tert-OH is 5. The van der Waals surface area contributed by atoms with E-state index >= 15 is 0 Å².